The van der Waals surface area contributed by atoms with Gasteiger partial charge in [0.15, 0.2) is 0 Å². The van der Waals surface area contributed by atoms with Crippen molar-refractivity contribution in [3.63, 3.8) is 0 Å². The fraction of sp³-hybridized carbons (Fsp3) is 0. The second kappa shape index (κ2) is 287. The zero-order valence-corrected chi connectivity index (χ0v) is 10.2. The van der Waals surface area contributed by atoms with Crippen LogP contribution in [-0.2, 0) is 27.1 Å². The van der Waals surface area contributed by atoms with Gasteiger partial charge in [0.1, 0.15) is 0 Å². The topological polar surface area (TPSA) is 79.6 Å². The van der Waals surface area contributed by atoms with E-state index < -0.39 is 0 Å². The Kier molecular flexibility index (Phi) is 775. The van der Waals surface area contributed by atoms with Crippen LogP contribution >= 0.6 is 40.7 Å². The Bertz CT molecular complexity index is 73.2. The predicted octanol–water partition coefficient (Wildman–Crippen LogP) is 1.62. The van der Waals surface area contributed by atoms with Crippen molar-refractivity contribution in [2.75, 3.05) is 0 Å². The molecule has 0 aromatic rings. The first kappa shape index (κ1) is 29.7. The second-order valence-corrected chi connectivity index (χ2v) is 9.37. The number of hydrogen-bond acceptors (Lipinski definition) is 0. The molecule has 0 amide bonds. The standard InChI is InChI=1S/4CO.Fe.2HI/c4*1-2;;;/h;;;;;2*1H/q;;;;+2;;/p-2. The van der Waals surface area contributed by atoms with Crippen molar-refractivity contribution in [3.05, 3.63) is 26.6 Å². The van der Waals surface area contributed by atoms with Crippen LogP contribution < -0.4 is 0 Å². The van der Waals surface area contributed by atoms with E-state index in [0.29, 0.717) is 0 Å². The van der Waals surface area contributed by atoms with E-state index in [1.54, 1.807) is 0 Å². The van der Waals surface area contributed by atoms with Crippen LogP contribution in [0, 0.1) is 26.6 Å². The molecule has 0 rings (SSSR count). The van der Waals surface area contributed by atoms with E-state index in [9.17, 15) is 0 Å². The van der Waals surface area contributed by atoms with E-state index in [4.69, 9.17) is 18.6 Å². The Morgan fingerprint density at radius 2 is 0.636 bits per heavy atom. The van der Waals surface area contributed by atoms with Gasteiger partial charge in [0.25, 0.3) is 0 Å². The van der Waals surface area contributed by atoms with Crippen LogP contribution in [0.2, 0.25) is 0 Å². The van der Waals surface area contributed by atoms with Crippen LogP contribution in [0.3, 0.4) is 0 Å². The zero-order chi connectivity index (χ0) is 10.7. The van der Waals surface area contributed by atoms with Crippen LogP contribution in [-0.4, -0.2) is 0 Å². The molecule has 0 aromatic carbocycles. The van der Waals surface area contributed by atoms with Crippen molar-refractivity contribution in [3.8, 4) is 0 Å². The Morgan fingerprint density at radius 1 is 0.636 bits per heavy atom. The fourth-order valence-electron chi connectivity index (χ4n) is 0. The molecule has 0 aromatic heterocycles. The molecule has 0 spiro atoms. The third-order valence-corrected chi connectivity index (χ3v) is 0. The van der Waals surface area contributed by atoms with Gasteiger partial charge in [-0.25, -0.2) is 0 Å². The molecule has 11 heavy (non-hydrogen) atoms. The molecule has 0 fully saturated rings. The normalized spacial score (nSPS) is 2.73. The summed E-state index contributed by atoms with van der Waals surface area (Å²) in [5.41, 5.74) is 0. The van der Waals surface area contributed by atoms with E-state index in [2.05, 4.69) is 67.3 Å². The van der Waals surface area contributed by atoms with E-state index in [-0.39, 0.29) is 0 Å². The maximum absolute atomic E-state index is 7.50. The van der Waals surface area contributed by atoms with Crippen molar-refractivity contribution in [1.29, 1.82) is 0 Å². The molecule has 0 saturated heterocycles. The first-order chi connectivity index (χ1) is 5.41. The minimum atomic E-state index is 1.19. The number of halogens is 2. The van der Waals surface area contributed by atoms with Crippen molar-refractivity contribution < 1.29 is 27.1 Å². The molecule has 0 aliphatic heterocycles. The van der Waals surface area contributed by atoms with Gasteiger partial charge < -0.3 is 0 Å². The van der Waals surface area contributed by atoms with E-state index >= 15 is 0 Å². The monoisotopic (exact) mass is 422 g/mol. The van der Waals surface area contributed by atoms with E-state index in [0.717, 1.165) is 0 Å². The van der Waals surface area contributed by atoms with Gasteiger partial charge in [-0.1, -0.05) is 0 Å². The van der Waals surface area contributed by atoms with Crippen LogP contribution in [0.5, 0.6) is 0 Å². The van der Waals surface area contributed by atoms with Gasteiger partial charge in [0.05, 0.1) is 0 Å². The van der Waals surface area contributed by atoms with Gasteiger partial charge in [-0.15, -0.1) is 0 Å². The van der Waals surface area contributed by atoms with Crippen LogP contribution in [0.1, 0.15) is 0 Å². The number of hydrogen-bond donors (Lipinski definition) is 0. The molecule has 0 heterocycles. The summed E-state index contributed by atoms with van der Waals surface area (Å²) < 4.78 is 30.0. The van der Waals surface area contributed by atoms with Gasteiger partial charge in [-0.3, -0.25) is 0 Å². The summed E-state index contributed by atoms with van der Waals surface area (Å²) in [5, 5.41) is 0. The predicted molar refractivity (Wildman–Crippen MR) is 43.8 cm³/mol. The summed E-state index contributed by atoms with van der Waals surface area (Å²) in [7, 11) is 1.19. The van der Waals surface area contributed by atoms with Crippen LogP contribution in [0.25, 0.3) is 0 Å². The Morgan fingerprint density at radius 3 is 0.636 bits per heavy atom. The molecule has 62 valence electrons. The first-order valence-corrected chi connectivity index (χ1v) is 8.21. The molecular weight excluding hydrogens is 422 g/mol. The first-order valence-electron chi connectivity index (χ1n) is 1.08. The molecule has 0 N–H and O–H groups in total. The summed E-state index contributed by atoms with van der Waals surface area (Å²) in [4.78, 5) is 0. The van der Waals surface area contributed by atoms with Gasteiger partial charge >= 0.3 is 94.4 Å². The maximum atomic E-state index is 7.50. The summed E-state index contributed by atoms with van der Waals surface area (Å²) in [5.74, 6) is 0. The van der Waals surface area contributed by atoms with Crippen molar-refractivity contribution in [2.24, 2.45) is 0 Å². The van der Waals surface area contributed by atoms with Crippen molar-refractivity contribution in [1.82, 2.24) is 0 Å². The molecule has 0 bridgehead atoms. The van der Waals surface area contributed by atoms with Gasteiger partial charge in [0.2, 0.25) is 0 Å². The molecule has 4 nitrogen and oxygen atoms in total. The van der Waals surface area contributed by atoms with Gasteiger partial charge in [-0.05, 0) is 0 Å². The van der Waals surface area contributed by atoms with Crippen LogP contribution in [0.4, 0.5) is 0 Å². The Labute approximate surface area is 93.4 Å². The van der Waals surface area contributed by atoms with Crippen molar-refractivity contribution >= 4 is 40.7 Å². The third kappa shape index (κ3) is 990. The average Bonchev–Trinajstić information content (AvgIpc) is 2.18. The minimum absolute atomic E-state index is 1.19. The SMILES string of the molecule is [C-]#[O+].[C-]#[O+].[C-]#[O+].[C-]#[O+].[I][Fe][I]. The fourth-order valence-corrected chi connectivity index (χ4v) is 0. The Hall–Kier alpha value is 0.939. The molecule has 0 radical (unpaired) electrons. The molecule has 0 aliphatic carbocycles. The third-order valence-electron chi connectivity index (χ3n) is 0. The molecule has 0 atom stereocenters. The summed E-state index contributed by atoms with van der Waals surface area (Å²) in [6.07, 6.45) is 0. The van der Waals surface area contributed by atoms with E-state index in [1.807, 2.05) is 0 Å². The Balaban J connectivity index is -0.0000000139. The molecular formula is C4FeI2O4. The average molecular weight is 422 g/mol. The second-order valence-electron chi connectivity index (χ2n) is 0.0505. The van der Waals surface area contributed by atoms with E-state index in [1.165, 1.54) is 8.46 Å². The zero-order valence-electron chi connectivity index (χ0n) is 4.74. The van der Waals surface area contributed by atoms with Gasteiger partial charge in [0, 0.05) is 0 Å². The quantitative estimate of drug-likeness (QED) is 0.247. The molecule has 0 unspecified atom stereocenters. The number of rotatable bonds is 0. The summed E-state index contributed by atoms with van der Waals surface area (Å²) in [6, 6.07) is 0. The van der Waals surface area contributed by atoms with Crippen molar-refractivity contribution in [2.45, 2.75) is 0 Å². The van der Waals surface area contributed by atoms with Crippen LogP contribution in [0.15, 0.2) is 0 Å². The summed E-state index contributed by atoms with van der Waals surface area (Å²) >= 11 is 4.55. The molecule has 0 saturated carbocycles. The van der Waals surface area contributed by atoms with Gasteiger partial charge in [-0.2, -0.15) is 0 Å². The summed E-state index contributed by atoms with van der Waals surface area (Å²) in [6.45, 7) is 18.0. The molecule has 0 aliphatic rings. The molecule has 7 heteroatoms.